The molecule has 18 atom stereocenters. The van der Waals surface area contributed by atoms with Gasteiger partial charge in [0.1, 0.15) is 18.3 Å². The molecule has 8 aliphatic heterocycles. The van der Waals surface area contributed by atoms with Crippen LogP contribution in [0.4, 0.5) is 0 Å². The predicted octanol–water partition coefficient (Wildman–Crippen LogP) is 10.1. The van der Waals surface area contributed by atoms with Gasteiger partial charge >= 0.3 is 0 Å². The van der Waals surface area contributed by atoms with Gasteiger partial charge in [0.15, 0.2) is 14.1 Å². The van der Waals surface area contributed by atoms with Crippen molar-refractivity contribution in [2.24, 2.45) is 29.6 Å². The summed E-state index contributed by atoms with van der Waals surface area (Å²) < 4.78 is 54.0. The molecule has 0 spiro atoms. The van der Waals surface area contributed by atoms with Gasteiger partial charge in [0.25, 0.3) is 0 Å². The van der Waals surface area contributed by atoms with Gasteiger partial charge in [0.05, 0.1) is 54.9 Å². The first-order valence-corrected chi connectivity index (χ1v) is 25.6. The molecule has 8 heterocycles. The van der Waals surface area contributed by atoms with Crippen molar-refractivity contribution in [2.75, 3.05) is 6.61 Å². The molecule has 318 valence electrons. The number of hydrogen-bond acceptors (Lipinski definition) is 8. The average molecular weight is 799 g/mol. The maximum atomic E-state index is 6.96. The zero-order valence-electron chi connectivity index (χ0n) is 36.4. The number of rotatable bonds is 19. The first-order valence-electron chi connectivity index (χ1n) is 23.1. The fourth-order valence-electron chi connectivity index (χ4n) is 11.9. The summed E-state index contributed by atoms with van der Waals surface area (Å²) in [5.74, 6) is 1.57. The molecule has 6 bridgehead atoms. The van der Waals surface area contributed by atoms with Crippen LogP contribution in [-0.2, 0) is 37.6 Å². The van der Waals surface area contributed by atoms with E-state index in [1.807, 2.05) is 6.08 Å². The highest BCUT2D eigenvalue weighted by atomic mass is 28.4. The molecule has 0 aromatic carbocycles. The predicted molar refractivity (Wildman–Crippen MR) is 224 cm³/mol. The van der Waals surface area contributed by atoms with E-state index < -0.39 is 14.1 Å². The normalized spacial score (nSPS) is 45.1. The molecule has 0 saturated carbocycles. The Bertz CT molecular complexity index is 1360. The molecule has 8 fully saturated rings. The van der Waals surface area contributed by atoms with Gasteiger partial charge in [-0.2, -0.15) is 0 Å². The SMILES string of the molecule is C=CC[C@@H]1O[C@@H]2[C@H]3O[C@@H]4C[C@@](CC[C@H]5CC(=C)C(CC[C@H]6C[C@@H](C)C(=C)[C@@H](CC7O[C@H](C[C@H](C)CO[Si](CC)(CC)CC)[C@H](C)[C@H]7CC)O6)O5)(O[C@H]24)O[C@H]3[C@H]1C. The topological polar surface area (TPSA) is 73.8 Å². The molecule has 8 rings (SSSR count). The van der Waals surface area contributed by atoms with Crippen LogP contribution in [-0.4, -0.2) is 94.0 Å². The second-order valence-electron chi connectivity index (χ2n) is 19.4. The van der Waals surface area contributed by atoms with Gasteiger partial charge in [-0.05, 0) is 97.9 Å². The highest BCUT2D eigenvalue weighted by Crippen LogP contribution is 2.54. The summed E-state index contributed by atoms with van der Waals surface area (Å²) in [7, 11) is -1.58. The first kappa shape index (κ1) is 43.2. The van der Waals surface area contributed by atoms with Crippen LogP contribution in [0.15, 0.2) is 37.0 Å². The lowest BCUT2D eigenvalue weighted by Gasteiger charge is -2.42. The van der Waals surface area contributed by atoms with E-state index in [1.54, 1.807) is 0 Å². The van der Waals surface area contributed by atoms with Gasteiger partial charge in [-0.25, -0.2) is 0 Å². The Balaban J connectivity index is 0.886. The third kappa shape index (κ3) is 8.65. The molecule has 0 aliphatic carbocycles. The van der Waals surface area contributed by atoms with E-state index in [9.17, 15) is 0 Å². The van der Waals surface area contributed by atoms with E-state index in [1.165, 1.54) is 29.3 Å². The van der Waals surface area contributed by atoms with Crippen molar-refractivity contribution in [2.45, 2.75) is 223 Å². The van der Waals surface area contributed by atoms with Crippen molar-refractivity contribution >= 4 is 8.32 Å². The summed E-state index contributed by atoms with van der Waals surface area (Å²) >= 11 is 0. The lowest BCUT2D eigenvalue weighted by Crippen LogP contribution is -2.54. The van der Waals surface area contributed by atoms with E-state index >= 15 is 0 Å². The van der Waals surface area contributed by atoms with Gasteiger partial charge in [-0.3, -0.25) is 0 Å². The molecule has 2 unspecified atom stereocenters. The van der Waals surface area contributed by atoms with Crippen molar-refractivity contribution in [1.29, 1.82) is 0 Å². The Hall–Kier alpha value is -0.883. The van der Waals surface area contributed by atoms with Gasteiger partial charge in [0, 0.05) is 31.8 Å². The van der Waals surface area contributed by atoms with E-state index in [0.29, 0.717) is 23.7 Å². The fourth-order valence-corrected chi connectivity index (χ4v) is 14.7. The zero-order chi connectivity index (χ0) is 39.9. The molecule has 0 N–H and O–H groups in total. The number of hydrogen-bond donors (Lipinski definition) is 0. The molecule has 9 heteroatoms. The van der Waals surface area contributed by atoms with Gasteiger partial charge in [-0.1, -0.05) is 81.0 Å². The second kappa shape index (κ2) is 18.0. The highest BCUT2D eigenvalue weighted by Gasteiger charge is 2.67. The molecule has 0 aromatic heterocycles. The Kier molecular flexibility index (Phi) is 13.9. The van der Waals surface area contributed by atoms with Gasteiger partial charge in [-0.15, -0.1) is 6.58 Å². The standard InChI is InChI=1S/C47H78O8Si/c1-12-17-38-33(11)43-45-46(52-38)44-42(53-45)26-47(54-43,55-44)21-20-35-24-30(8)37(49-35)19-18-34-23-29(7)31(9)40(50-34)25-41-36(13-2)32(10)39(51-41)22-28(6)27-48-56(14-3,15-4)16-5/h12,28-29,32-46H,1,8-9,13-27H2,2-7,10-11H3/t28-,29+,32+,33-,34-,35-,36+,37?,38-,39+,40+,41?,42+,43-,44-,45-,46-,47+/m0/s1. The first-order chi connectivity index (χ1) is 26.9. The minimum absolute atomic E-state index is 0.0261. The molecule has 8 nitrogen and oxygen atoms in total. The van der Waals surface area contributed by atoms with Crippen molar-refractivity contribution in [3.8, 4) is 0 Å². The van der Waals surface area contributed by atoms with Crippen LogP contribution in [0.2, 0.25) is 18.1 Å². The Morgan fingerprint density at radius 2 is 1.52 bits per heavy atom. The maximum absolute atomic E-state index is 6.96. The fraction of sp³-hybridized carbons (Fsp3) is 0.872. The summed E-state index contributed by atoms with van der Waals surface area (Å²) in [5.41, 5.74) is 2.44. The molecule has 8 aliphatic rings. The molecule has 0 aromatic rings. The zero-order valence-corrected chi connectivity index (χ0v) is 37.4. The smallest absolute Gasteiger partial charge is 0.191 e. The van der Waals surface area contributed by atoms with Crippen LogP contribution in [0, 0.1) is 29.6 Å². The maximum Gasteiger partial charge on any atom is 0.191 e. The monoisotopic (exact) mass is 799 g/mol. The molecular weight excluding hydrogens is 721 g/mol. The lowest BCUT2D eigenvalue weighted by atomic mass is 9.80. The Morgan fingerprint density at radius 1 is 0.804 bits per heavy atom. The summed E-state index contributed by atoms with van der Waals surface area (Å²) in [5, 5.41) is 0. The van der Waals surface area contributed by atoms with Crippen LogP contribution in [0.25, 0.3) is 0 Å². The van der Waals surface area contributed by atoms with Crippen molar-refractivity contribution in [3.63, 3.8) is 0 Å². The van der Waals surface area contributed by atoms with E-state index in [2.05, 4.69) is 75.1 Å². The van der Waals surface area contributed by atoms with Crippen LogP contribution >= 0.6 is 0 Å². The molecular formula is C47H78O8Si. The largest absolute Gasteiger partial charge is 0.417 e. The number of ether oxygens (including phenoxy) is 7. The minimum Gasteiger partial charge on any atom is -0.417 e. The van der Waals surface area contributed by atoms with E-state index in [4.69, 9.17) is 37.6 Å². The average Bonchev–Trinajstić information content (AvgIpc) is 3.85. The van der Waals surface area contributed by atoms with E-state index in [-0.39, 0.29) is 79.2 Å². The highest BCUT2D eigenvalue weighted by molar-refractivity contribution is 6.73. The third-order valence-electron chi connectivity index (χ3n) is 15.9. The van der Waals surface area contributed by atoms with Crippen molar-refractivity contribution in [3.05, 3.63) is 37.0 Å². The van der Waals surface area contributed by atoms with Crippen LogP contribution < -0.4 is 0 Å². The van der Waals surface area contributed by atoms with Gasteiger partial charge in [0.2, 0.25) is 0 Å². The van der Waals surface area contributed by atoms with Crippen LogP contribution in [0.3, 0.4) is 0 Å². The van der Waals surface area contributed by atoms with Crippen molar-refractivity contribution in [1.82, 2.24) is 0 Å². The Morgan fingerprint density at radius 3 is 2.23 bits per heavy atom. The minimum atomic E-state index is -1.58. The third-order valence-corrected chi connectivity index (χ3v) is 20.5. The molecule has 0 amide bonds. The summed E-state index contributed by atoms with van der Waals surface area (Å²) in [6.07, 6.45) is 12.9. The van der Waals surface area contributed by atoms with Crippen molar-refractivity contribution < 1.29 is 37.6 Å². The molecule has 56 heavy (non-hydrogen) atoms. The second-order valence-corrected chi connectivity index (χ2v) is 24.2. The summed E-state index contributed by atoms with van der Waals surface area (Å²) in [4.78, 5) is 0. The Labute approximate surface area is 341 Å². The molecule has 0 radical (unpaired) electrons. The summed E-state index contributed by atoms with van der Waals surface area (Å²) in [6.45, 7) is 32.5. The lowest BCUT2D eigenvalue weighted by molar-refractivity contribution is -0.262. The van der Waals surface area contributed by atoms with Gasteiger partial charge < -0.3 is 37.6 Å². The van der Waals surface area contributed by atoms with Crippen LogP contribution in [0.5, 0.6) is 0 Å². The van der Waals surface area contributed by atoms with Crippen LogP contribution in [0.1, 0.15) is 126 Å². The quantitative estimate of drug-likeness (QED) is 0.0945. The van der Waals surface area contributed by atoms with E-state index in [0.717, 1.165) is 77.2 Å². The molecule has 8 saturated heterocycles. The summed E-state index contributed by atoms with van der Waals surface area (Å²) in [6, 6.07) is 3.61.